The van der Waals surface area contributed by atoms with Gasteiger partial charge in [-0.3, -0.25) is 0 Å². The predicted octanol–water partition coefficient (Wildman–Crippen LogP) is 2.08. The summed E-state index contributed by atoms with van der Waals surface area (Å²) in [5.74, 6) is 0. The third kappa shape index (κ3) is 2.69. The highest BCUT2D eigenvalue weighted by atomic mass is 16.7. The van der Waals surface area contributed by atoms with Crippen molar-refractivity contribution in [3.63, 3.8) is 0 Å². The fraction of sp³-hybridized carbons (Fsp3) is 1.00. The Labute approximate surface area is 86.4 Å². The minimum absolute atomic E-state index is 0.289. The topological polar surface area (TPSA) is 38.7 Å². The molecule has 0 bridgehead atoms. The summed E-state index contributed by atoms with van der Waals surface area (Å²) in [4.78, 5) is 0. The maximum Gasteiger partial charge on any atom is 0.147 e. The van der Waals surface area contributed by atoms with Crippen molar-refractivity contribution in [2.24, 2.45) is 0 Å². The molecule has 0 saturated heterocycles. The third-order valence-corrected chi connectivity index (χ3v) is 3.16. The van der Waals surface area contributed by atoms with Crippen molar-refractivity contribution >= 4 is 0 Å². The molecule has 1 aliphatic carbocycles. The van der Waals surface area contributed by atoms with Gasteiger partial charge in [-0.1, -0.05) is 26.2 Å². The Bertz CT molecular complexity index is 153. The first-order valence-corrected chi connectivity index (χ1v) is 5.56. The first-order valence-electron chi connectivity index (χ1n) is 5.56. The van der Waals surface area contributed by atoms with Gasteiger partial charge in [0.1, 0.15) is 6.79 Å². The van der Waals surface area contributed by atoms with E-state index in [-0.39, 0.29) is 18.5 Å². The molecule has 0 aliphatic heterocycles. The van der Waals surface area contributed by atoms with Crippen LogP contribution in [0.5, 0.6) is 0 Å². The molecular formula is C11H22O3. The van der Waals surface area contributed by atoms with E-state index in [9.17, 15) is 5.11 Å². The molecule has 0 aromatic heterocycles. The quantitative estimate of drug-likeness (QED) is 0.694. The summed E-state index contributed by atoms with van der Waals surface area (Å²) in [5.41, 5.74) is -0.330. The molecule has 3 heteroatoms. The number of aliphatic hydroxyl groups is 1. The Morgan fingerprint density at radius 3 is 2.43 bits per heavy atom. The van der Waals surface area contributed by atoms with E-state index < -0.39 is 0 Å². The molecule has 0 aromatic rings. The van der Waals surface area contributed by atoms with Crippen molar-refractivity contribution in [1.29, 1.82) is 0 Å². The Morgan fingerprint density at radius 1 is 1.29 bits per heavy atom. The maximum atomic E-state index is 9.98. The van der Waals surface area contributed by atoms with E-state index in [4.69, 9.17) is 9.47 Å². The number of ether oxygens (including phenoxy) is 2. The molecule has 0 radical (unpaired) electrons. The van der Waals surface area contributed by atoms with Crippen molar-refractivity contribution in [3.8, 4) is 0 Å². The zero-order chi connectivity index (χ0) is 10.4. The normalized spacial score (nSPS) is 23.4. The van der Waals surface area contributed by atoms with Gasteiger partial charge in [-0.2, -0.15) is 0 Å². The molecule has 0 aromatic carbocycles. The lowest BCUT2D eigenvalue weighted by Gasteiger charge is -2.40. The first kappa shape index (κ1) is 12.0. The number of aliphatic hydroxyl groups excluding tert-OH is 1. The summed E-state index contributed by atoms with van der Waals surface area (Å²) < 4.78 is 10.6. The third-order valence-electron chi connectivity index (χ3n) is 3.16. The van der Waals surface area contributed by atoms with Gasteiger partial charge in [0.2, 0.25) is 0 Å². The average Bonchev–Trinajstić information content (AvgIpc) is 2.26. The summed E-state index contributed by atoms with van der Waals surface area (Å²) in [6, 6.07) is 0. The molecule has 1 unspecified atom stereocenters. The largest absolute Gasteiger partial charge is 0.390 e. The van der Waals surface area contributed by atoms with E-state index in [0.717, 1.165) is 32.1 Å². The van der Waals surface area contributed by atoms with E-state index in [1.165, 1.54) is 6.42 Å². The molecule has 0 heterocycles. The van der Waals surface area contributed by atoms with Gasteiger partial charge in [0, 0.05) is 7.11 Å². The zero-order valence-corrected chi connectivity index (χ0v) is 9.29. The van der Waals surface area contributed by atoms with Crippen LogP contribution in [0.2, 0.25) is 0 Å². The fourth-order valence-electron chi connectivity index (χ4n) is 2.27. The fourth-order valence-corrected chi connectivity index (χ4v) is 2.27. The lowest BCUT2D eigenvalue weighted by molar-refractivity contribution is -0.191. The zero-order valence-electron chi connectivity index (χ0n) is 9.29. The molecule has 1 fully saturated rings. The van der Waals surface area contributed by atoms with Crippen LogP contribution in [0.15, 0.2) is 0 Å². The second kappa shape index (κ2) is 5.69. The molecule has 1 saturated carbocycles. The minimum Gasteiger partial charge on any atom is -0.390 e. The molecule has 1 rings (SSSR count). The van der Waals surface area contributed by atoms with Gasteiger partial charge in [-0.25, -0.2) is 0 Å². The van der Waals surface area contributed by atoms with Gasteiger partial charge >= 0.3 is 0 Å². The second-order valence-corrected chi connectivity index (χ2v) is 4.10. The Kier molecular flexibility index (Phi) is 4.85. The highest BCUT2D eigenvalue weighted by Crippen LogP contribution is 2.35. The minimum atomic E-state index is -0.349. The molecule has 1 aliphatic rings. The molecular weight excluding hydrogens is 180 g/mol. The summed E-state index contributed by atoms with van der Waals surface area (Å²) in [6.45, 7) is 2.29. The van der Waals surface area contributed by atoms with Crippen LogP contribution in [0.3, 0.4) is 0 Å². The number of hydrogen-bond donors (Lipinski definition) is 1. The first-order chi connectivity index (χ1) is 6.75. The predicted molar refractivity (Wildman–Crippen MR) is 55.1 cm³/mol. The van der Waals surface area contributed by atoms with Gasteiger partial charge < -0.3 is 14.6 Å². The van der Waals surface area contributed by atoms with Gasteiger partial charge in [0.05, 0.1) is 11.7 Å². The van der Waals surface area contributed by atoms with Gasteiger partial charge in [0.15, 0.2) is 0 Å². The van der Waals surface area contributed by atoms with E-state index in [2.05, 4.69) is 0 Å². The maximum absolute atomic E-state index is 9.98. The van der Waals surface area contributed by atoms with E-state index in [1.807, 2.05) is 6.92 Å². The van der Waals surface area contributed by atoms with Crippen molar-refractivity contribution < 1.29 is 14.6 Å². The van der Waals surface area contributed by atoms with Gasteiger partial charge in [0.25, 0.3) is 0 Å². The van der Waals surface area contributed by atoms with Crippen LogP contribution >= 0.6 is 0 Å². The SMILES string of the molecule is CCC(O)C1(OCOC)CCCCC1. The van der Waals surface area contributed by atoms with Gasteiger partial charge in [-0.15, -0.1) is 0 Å². The monoisotopic (exact) mass is 202 g/mol. The van der Waals surface area contributed by atoms with Crippen LogP contribution in [0.4, 0.5) is 0 Å². The van der Waals surface area contributed by atoms with Gasteiger partial charge in [-0.05, 0) is 19.3 Å². The molecule has 84 valence electrons. The molecule has 3 nitrogen and oxygen atoms in total. The number of hydrogen-bond acceptors (Lipinski definition) is 3. The van der Waals surface area contributed by atoms with Crippen LogP contribution in [0.1, 0.15) is 45.4 Å². The highest BCUT2D eigenvalue weighted by molar-refractivity contribution is 4.90. The lowest BCUT2D eigenvalue weighted by Crippen LogP contribution is -2.46. The van der Waals surface area contributed by atoms with E-state index in [0.29, 0.717) is 0 Å². The lowest BCUT2D eigenvalue weighted by atomic mass is 9.79. The van der Waals surface area contributed by atoms with E-state index in [1.54, 1.807) is 7.11 Å². The van der Waals surface area contributed by atoms with Crippen LogP contribution in [0, 0.1) is 0 Å². The average molecular weight is 202 g/mol. The molecule has 0 amide bonds. The number of rotatable bonds is 5. The van der Waals surface area contributed by atoms with Crippen LogP contribution < -0.4 is 0 Å². The smallest absolute Gasteiger partial charge is 0.147 e. The molecule has 1 N–H and O–H groups in total. The molecule has 14 heavy (non-hydrogen) atoms. The van der Waals surface area contributed by atoms with Crippen LogP contribution in [-0.2, 0) is 9.47 Å². The number of methoxy groups -OCH3 is 1. The van der Waals surface area contributed by atoms with Crippen LogP contribution in [-0.4, -0.2) is 30.7 Å². The van der Waals surface area contributed by atoms with Crippen molar-refractivity contribution in [2.45, 2.75) is 57.2 Å². The standard InChI is InChI=1S/C11H22O3/c1-3-10(12)11(14-9-13-2)7-5-4-6-8-11/h10,12H,3-9H2,1-2H3. The highest BCUT2D eigenvalue weighted by Gasteiger charge is 2.39. The van der Waals surface area contributed by atoms with Crippen molar-refractivity contribution in [3.05, 3.63) is 0 Å². The van der Waals surface area contributed by atoms with Crippen molar-refractivity contribution in [1.82, 2.24) is 0 Å². The molecule has 1 atom stereocenters. The Hall–Kier alpha value is -0.120. The Morgan fingerprint density at radius 2 is 1.93 bits per heavy atom. The molecule has 0 spiro atoms. The summed E-state index contributed by atoms with van der Waals surface area (Å²) in [7, 11) is 1.62. The van der Waals surface area contributed by atoms with E-state index >= 15 is 0 Å². The van der Waals surface area contributed by atoms with Crippen LogP contribution in [0.25, 0.3) is 0 Å². The summed E-state index contributed by atoms with van der Waals surface area (Å²) >= 11 is 0. The second-order valence-electron chi connectivity index (χ2n) is 4.10. The van der Waals surface area contributed by atoms with Crippen molar-refractivity contribution in [2.75, 3.05) is 13.9 Å². The summed E-state index contributed by atoms with van der Waals surface area (Å²) in [5, 5.41) is 9.98. The summed E-state index contributed by atoms with van der Waals surface area (Å²) in [6.07, 6.45) is 5.90. The Balaban J connectivity index is 2.56.